The van der Waals surface area contributed by atoms with Crippen LogP contribution in [0.5, 0.6) is 11.6 Å². The molecule has 7 saturated heterocycles. The number of anilines is 6. The van der Waals surface area contributed by atoms with E-state index in [1.54, 1.807) is 19.2 Å². The molecule has 4 N–H and O–H groups in total. The number of halogens is 5. The predicted octanol–water partition coefficient (Wildman–Crippen LogP) is 17.1. The third-order valence-corrected chi connectivity index (χ3v) is 25.7. The first kappa shape index (κ1) is 91.6. The zero-order chi connectivity index (χ0) is 87.2. The summed E-state index contributed by atoms with van der Waals surface area (Å²) in [7, 11) is 1.65. The Labute approximate surface area is 739 Å². The Bertz CT molecular complexity index is 4680. The monoisotopic (exact) mass is 1720 g/mol. The number of morpholine rings is 3. The first-order chi connectivity index (χ1) is 61.7. The van der Waals surface area contributed by atoms with Crippen LogP contribution in [0.4, 0.5) is 56.5 Å². The van der Waals surface area contributed by atoms with Crippen LogP contribution in [0.1, 0.15) is 103 Å². The third kappa shape index (κ3) is 26.8. The SMILES string of the molecule is COc1ccc(COc2cc(N3CCOCC3)cc(N3CC[C@@H](F)[C@@H]3Cc3ccccc3)n2)cc1.F[C@@H]1CCC[C@H]1Cc1ccccc1.F[C@@H]1CCN[C@H]1Cc1ccccc1.O=c1cc(N2CCOCC2)cc(N2CC[C@@H](F)[C@@H]2Cc2ccccc2)[nH]1.O=c1cc(N2CCOCC2)cc(N2CC[C@H](F)[C@H]2Cc2ccccc2)[nH]1.O[C@H]1CCC[C@H]1Cc1ccccc1. The summed E-state index contributed by atoms with van der Waals surface area (Å²) in [5.41, 5.74) is 10.7. The molecule has 670 valence electrons. The van der Waals surface area contributed by atoms with Crippen molar-refractivity contribution in [2.45, 2.75) is 170 Å². The molecule has 0 radical (unpaired) electrons. The van der Waals surface area contributed by atoms with Gasteiger partial charge in [-0.15, -0.1) is 0 Å². The predicted molar refractivity (Wildman–Crippen MR) is 494 cm³/mol. The number of aromatic nitrogens is 3. The minimum atomic E-state index is -0.897. The molecule has 19 rings (SSSR count). The van der Waals surface area contributed by atoms with E-state index in [0.29, 0.717) is 134 Å². The third-order valence-electron chi connectivity index (χ3n) is 25.7. The van der Waals surface area contributed by atoms with E-state index in [0.717, 1.165) is 142 Å². The summed E-state index contributed by atoms with van der Waals surface area (Å²) in [4.78, 5) is 47.8. The zero-order valence-electron chi connectivity index (χ0n) is 72.7. The van der Waals surface area contributed by atoms with E-state index < -0.39 is 30.9 Å². The fourth-order valence-corrected chi connectivity index (χ4v) is 18.7. The minimum absolute atomic E-state index is 0.0300. The largest absolute Gasteiger partial charge is 0.497 e. The van der Waals surface area contributed by atoms with E-state index in [4.69, 9.17) is 28.7 Å². The van der Waals surface area contributed by atoms with Crippen molar-refractivity contribution in [2.24, 2.45) is 11.8 Å². The number of H-pyrrole nitrogens is 2. The number of aliphatic hydroxyl groups is 1. The molecule has 2 saturated carbocycles. The van der Waals surface area contributed by atoms with Gasteiger partial charge in [-0.1, -0.05) is 207 Å². The van der Waals surface area contributed by atoms with Gasteiger partial charge in [0.05, 0.1) is 71.0 Å². The lowest BCUT2D eigenvalue weighted by molar-refractivity contribution is 0.122. The second-order valence-electron chi connectivity index (χ2n) is 34.3. The van der Waals surface area contributed by atoms with Crippen molar-refractivity contribution in [3.8, 4) is 11.6 Å². The summed E-state index contributed by atoms with van der Waals surface area (Å²) >= 11 is 0. The van der Waals surface area contributed by atoms with Gasteiger partial charge in [0, 0.05) is 118 Å². The molecule has 2 aliphatic carbocycles. The lowest BCUT2D eigenvalue weighted by Crippen LogP contribution is -2.39. The fraction of sp³-hybridized carbons (Fsp3) is 0.447. The summed E-state index contributed by atoms with van der Waals surface area (Å²) < 4.78 is 98.5. The molecule has 0 spiro atoms. The molecule has 9 aliphatic rings. The number of methoxy groups -OCH3 is 1. The van der Waals surface area contributed by atoms with E-state index >= 15 is 4.39 Å². The lowest BCUT2D eigenvalue weighted by Gasteiger charge is -2.31. The molecule has 0 amide bonds. The molecular formula is C103H125F5N10O8. The standard InChI is InChI=1S/C28H32FN3O3.2C20H24FN3O2.C12H15F.C12H16O.C11H14FN/c1-33-24-9-7-22(8-10-24)20-35-28-19-23(31-13-15-34-16-14-31)18-27(30-28)32-12-11-25(29)26(32)17-21-5-3-2-4-6-21;2*21-17-6-7-24(18(17)12-15-4-2-1-3-5-15)19-13-16(14-20(25)22-19)23-8-10-26-11-9-23;2*13-12-8-4-7-11(12)9-10-5-2-1-3-6-10;12-10-6-7-13-11(10)8-9-4-2-1-3-5-9/h2-10,18-19,25-26H,11-17,20H2,1H3;2*1-5,13-14,17-18H,6-12H2,(H,22,25);1-3,5-6,11-12H,4,7-9H2;1-3,5-6,11-13H,4,7-9H2;1-5,10-11,13H,6-8H2/t25-,26+;2*17-,18+;11-,12+;11-,12-;10-,11+/m110001/s1. The van der Waals surface area contributed by atoms with Gasteiger partial charge in [0.15, 0.2) is 0 Å². The van der Waals surface area contributed by atoms with Crippen molar-refractivity contribution >= 4 is 34.5 Å². The molecule has 10 aromatic rings. The first-order valence-electron chi connectivity index (χ1n) is 45.6. The van der Waals surface area contributed by atoms with Gasteiger partial charge in [-0.3, -0.25) is 9.59 Å². The van der Waals surface area contributed by atoms with Gasteiger partial charge in [-0.2, -0.15) is 4.98 Å². The van der Waals surface area contributed by atoms with E-state index in [2.05, 4.69) is 89.5 Å². The van der Waals surface area contributed by atoms with Gasteiger partial charge in [0.25, 0.3) is 11.1 Å². The van der Waals surface area contributed by atoms with E-state index in [9.17, 15) is 32.3 Å². The Hall–Kier alpha value is -10.6. The van der Waals surface area contributed by atoms with Crippen LogP contribution in [0.2, 0.25) is 0 Å². The van der Waals surface area contributed by atoms with Gasteiger partial charge < -0.3 is 73.5 Å². The first-order valence-corrected chi connectivity index (χ1v) is 45.6. The molecule has 0 bridgehead atoms. The molecule has 18 nitrogen and oxygen atoms in total. The van der Waals surface area contributed by atoms with E-state index in [1.165, 1.54) is 29.5 Å². The lowest BCUT2D eigenvalue weighted by atomic mass is 9.96. The van der Waals surface area contributed by atoms with Gasteiger partial charge in [0.2, 0.25) is 5.88 Å². The molecule has 7 aliphatic heterocycles. The van der Waals surface area contributed by atoms with E-state index in [1.807, 2.05) is 186 Å². The van der Waals surface area contributed by atoms with Crippen LogP contribution < -0.4 is 55.3 Å². The second-order valence-corrected chi connectivity index (χ2v) is 34.3. The van der Waals surface area contributed by atoms with Crippen LogP contribution in [-0.4, -0.2) is 193 Å². The normalized spacial score (nSPS) is 23.9. The summed E-state index contributed by atoms with van der Waals surface area (Å²) in [6, 6.07) is 79.1. The van der Waals surface area contributed by atoms with Gasteiger partial charge in [-0.05, 0) is 159 Å². The molecule has 12 atom stereocenters. The highest BCUT2D eigenvalue weighted by Crippen LogP contribution is 2.38. The zero-order valence-corrected chi connectivity index (χ0v) is 72.7. The van der Waals surface area contributed by atoms with Crippen molar-refractivity contribution in [3.05, 3.63) is 302 Å². The summed E-state index contributed by atoms with van der Waals surface area (Å²) in [5.74, 6) is 4.31. The minimum Gasteiger partial charge on any atom is -0.497 e. The highest BCUT2D eigenvalue weighted by molar-refractivity contribution is 5.61. The molecule has 9 fully saturated rings. The Kier molecular flexibility index (Phi) is 34.4. The van der Waals surface area contributed by atoms with Gasteiger partial charge >= 0.3 is 0 Å². The number of benzene rings is 7. The van der Waals surface area contributed by atoms with Crippen LogP contribution in [0.3, 0.4) is 0 Å². The summed E-state index contributed by atoms with van der Waals surface area (Å²) in [5, 5.41) is 12.8. The number of hydrogen-bond acceptors (Lipinski definition) is 16. The highest BCUT2D eigenvalue weighted by Gasteiger charge is 2.39. The Morgan fingerprint density at radius 1 is 0.381 bits per heavy atom. The van der Waals surface area contributed by atoms with E-state index in [-0.39, 0.29) is 47.3 Å². The smallest absolute Gasteiger partial charge is 0.251 e. The quantitative estimate of drug-likeness (QED) is 0.0471. The van der Waals surface area contributed by atoms with Crippen molar-refractivity contribution in [2.75, 3.05) is 142 Å². The Morgan fingerprint density at radius 2 is 0.762 bits per heavy atom. The van der Waals surface area contributed by atoms with Crippen LogP contribution in [0.15, 0.2) is 252 Å². The molecule has 0 unspecified atom stereocenters. The Morgan fingerprint density at radius 3 is 1.15 bits per heavy atom. The number of ether oxygens (including phenoxy) is 5. The number of aromatic amines is 2. The Balaban J connectivity index is 0.000000128. The number of aliphatic hydroxyl groups excluding tert-OH is 1. The number of nitrogens with one attached hydrogen (secondary N) is 3. The maximum absolute atomic E-state index is 15.1. The number of nitrogens with zero attached hydrogens (tertiary/aromatic N) is 7. The van der Waals surface area contributed by atoms with Crippen LogP contribution in [0, 0.1) is 11.8 Å². The van der Waals surface area contributed by atoms with Crippen molar-refractivity contribution in [3.63, 3.8) is 0 Å². The summed E-state index contributed by atoms with van der Waals surface area (Å²) in [6.45, 7) is 11.8. The molecular weight excluding hydrogens is 1600 g/mol. The molecule has 7 aromatic carbocycles. The number of alkyl halides is 5. The maximum Gasteiger partial charge on any atom is 0.251 e. The van der Waals surface area contributed by atoms with Crippen LogP contribution >= 0.6 is 0 Å². The van der Waals surface area contributed by atoms with Crippen molar-refractivity contribution in [1.82, 2.24) is 20.3 Å². The van der Waals surface area contributed by atoms with Gasteiger partial charge in [0.1, 0.15) is 60.7 Å². The number of pyridine rings is 3. The average Bonchev–Trinajstić information content (AvgIpc) is 1.26. The van der Waals surface area contributed by atoms with Crippen molar-refractivity contribution in [1.29, 1.82) is 0 Å². The maximum atomic E-state index is 15.1. The molecule has 3 aromatic heterocycles. The molecule has 126 heavy (non-hydrogen) atoms. The van der Waals surface area contributed by atoms with Crippen LogP contribution in [-0.2, 0) is 59.3 Å². The number of hydrogen-bond donors (Lipinski definition) is 4. The molecule has 23 heteroatoms. The topological polar surface area (TPSA) is 176 Å². The second kappa shape index (κ2) is 47.3. The van der Waals surface area contributed by atoms with Gasteiger partial charge in [-0.25, -0.2) is 22.0 Å². The molecule has 10 heterocycles. The van der Waals surface area contributed by atoms with Crippen LogP contribution in [0.25, 0.3) is 0 Å². The average molecular weight is 1730 g/mol. The summed E-state index contributed by atoms with van der Waals surface area (Å²) in [6.07, 6.45) is 9.14. The number of rotatable bonds is 22. The highest BCUT2D eigenvalue weighted by atomic mass is 19.2. The fourth-order valence-electron chi connectivity index (χ4n) is 18.7. The van der Waals surface area contributed by atoms with Crippen molar-refractivity contribution < 1.29 is 50.7 Å².